The van der Waals surface area contributed by atoms with Gasteiger partial charge in [0.2, 0.25) is 0 Å². The van der Waals surface area contributed by atoms with E-state index >= 15 is 0 Å². The lowest BCUT2D eigenvalue weighted by atomic mass is 10.00. The molecular formula is C22H24N4O2. The second kappa shape index (κ2) is 7.94. The molecule has 2 aromatic carbocycles. The van der Waals surface area contributed by atoms with Crippen molar-refractivity contribution in [2.24, 2.45) is 5.92 Å². The third kappa shape index (κ3) is 3.68. The maximum absolute atomic E-state index is 13.5. The number of rotatable bonds is 4. The van der Waals surface area contributed by atoms with Crippen molar-refractivity contribution in [3.8, 4) is 5.69 Å². The molecule has 3 aromatic rings. The Morgan fingerprint density at radius 1 is 1.00 bits per heavy atom. The maximum atomic E-state index is 13.5. The molecule has 0 unspecified atom stereocenters. The van der Waals surface area contributed by atoms with Crippen molar-refractivity contribution in [3.63, 3.8) is 0 Å². The van der Waals surface area contributed by atoms with Crippen molar-refractivity contribution in [1.29, 1.82) is 0 Å². The highest BCUT2D eigenvalue weighted by Gasteiger charge is 2.34. The number of ether oxygens (including phenoxy) is 1. The molecule has 1 amide bonds. The Bertz CT molecular complexity index is 925. The molecule has 28 heavy (non-hydrogen) atoms. The lowest BCUT2D eigenvalue weighted by Gasteiger charge is -2.40. The van der Waals surface area contributed by atoms with Gasteiger partial charge >= 0.3 is 0 Å². The van der Waals surface area contributed by atoms with Gasteiger partial charge < -0.3 is 9.64 Å². The Balaban J connectivity index is 1.65. The normalized spacial score (nSPS) is 19.8. The van der Waals surface area contributed by atoms with E-state index in [4.69, 9.17) is 4.74 Å². The second-order valence-corrected chi connectivity index (χ2v) is 7.41. The van der Waals surface area contributed by atoms with E-state index < -0.39 is 0 Å². The number of amides is 1. The molecule has 6 heteroatoms. The number of morpholine rings is 1. The van der Waals surface area contributed by atoms with Crippen molar-refractivity contribution >= 4 is 5.91 Å². The fraction of sp³-hybridized carbons (Fsp3) is 0.318. The number of nitrogens with zero attached hydrogens (tertiary/aromatic N) is 4. The predicted molar refractivity (Wildman–Crippen MR) is 106 cm³/mol. The average Bonchev–Trinajstić information content (AvgIpc) is 3.28. The number of carbonyl (C=O) groups excluding carboxylic acids is 1. The van der Waals surface area contributed by atoms with Gasteiger partial charge in [-0.05, 0) is 23.6 Å². The lowest BCUT2D eigenvalue weighted by molar-refractivity contribution is -0.0954. The molecule has 144 valence electrons. The minimum Gasteiger partial charge on any atom is -0.366 e. The van der Waals surface area contributed by atoms with Crippen molar-refractivity contribution in [2.75, 3.05) is 13.1 Å². The van der Waals surface area contributed by atoms with Gasteiger partial charge in [0.25, 0.3) is 5.91 Å². The van der Waals surface area contributed by atoms with Crippen molar-refractivity contribution in [3.05, 3.63) is 78.4 Å². The molecule has 1 aromatic heterocycles. The number of hydrogen-bond donors (Lipinski definition) is 0. The number of para-hydroxylation sites is 1. The van der Waals surface area contributed by atoms with Gasteiger partial charge in [-0.3, -0.25) is 9.36 Å². The first-order valence-electron chi connectivity index (χ1n) is 9.57. The van der Waals surface area contributed by atoms with Crippen LogP contribution in [0, 0.1) is 5.92 Å². The topological polar surface area (TPSA) is 60.2 Å². The van der Waals surface area contributed by atoms with Crippen LogP contribution in [0.4, 0.5) is 0 Å². The molecule has 1 aliphatic heterocycles. The Morgan fingerprint density at radius 2 is 1.68 bits per heavy atom. The Labute approximate surface area is 164 Å². The minimum atomic E-state index is -0.131. The van der Waals surface area contributed by atoms with Crippen LogP contribution in [-0.4, -0.2) is 44.8 Å². The van der Waals surface area contributed by atoms with E-state index in [9.17, 15) is 4.79 Å². The minimum absolute atomic E-state index is 0.000758. The Morgan fingerprint density at radius 3 is 2.39 bits per heavy atom. The van der Waals surface area contributed by atoms with Gasteiger partial charge in [-0.15, -0.1) is 10.2 Å². The predicted octanol–water partition coefficient (Wildman–Crippen LogP) is 3.51. The average molecular weight is 376 g/mol. The van der Waals surface area contributed by atoms with Crippen LogP contribution in [0.25, 0.3) is 5.69 Å². The zero-order valence-corrected chi connectivity index (χ0v) is 16.1. The molecule has 1 fully saturated rings. The molecule has 0 spiro atoms. The summed E-state index contributed by atoms with van der Waals surface area (Å²) in [4.78, 5) is 15.4. The fourth-order valence-electron chi connectivity index (χ4n) is 3.55. The van der Waals surface area contributed by atoms with E-state index in [0.29, 0.717) is 24.6 Å². The second-order valence-electron chi connectivity index (χ2n) is 7.41. The van der Waals surface area contributed by atoms with Gasteiger partial charge in [0.15, 0.2) is 0 Å². The molecule has 0 aliphatic carbocycles. The molecule has 0 radical (unpaired) electrons. The number of benzene rings is 2. The number of hydrogen-bond acceptors (Lipinski definition) is 4. The summed E-state index contributed by atoms with van der Waals surface area (Å²) in [5, 5.41) is 7.73. The summed E-state index contributed by atoms with van der Waals surface area (Å²) in [7, 11) is 0. The molecule has 0 saturated carbocycles. The van der Waals surface area contributed by atoms with Crippen LogP contribution in [0.5, 0.6) is 0 Å². The molecule has 2 heterocycles. The summed E-state index contributed by atoms with van der Waals surface area (Å²) < 4.78 is 8.10. The molecule has 4 rings (SSSR count). The highest BCUT2D eigenvalue weighted by atomic mass is 16.5. The molecule has 6 nitrogen and oxygen atoms in total. The first-order chi connectivity index (χ1) is 13.6. The van der Waals surface area contributed by atoms with Crippen LogP contribution < -0.4 is 0 Å². The molecular weight excluding hydrogens is 352 g/mol. The van der Waals surface area contributed by atoms with E-state index in [1.54, 1.807) is 17.2 Å². The van der Waals surface area contributed by atoms with Gasteiger partial charge in [-0.2, -0.15) is 0 Å². The van der Waals surface area contributed by atoms with Crippen molar-refractivity contribution in [1.82, 2.24) is 19.7 Å². The van der Waals surface area contributed by atoms with E-state index in [0.717, 1.165) is 11.3 Å². The van der Waals surface area contributed by atoms with E-state index in [2.05, 4.69) is 36.2 Å². The maximum Gasteiger partial charge on any atom is 0.256 e. The smallest absolute Gasteiger partial charge is 0.256 e. The molecule has 2 atom stereocenters. The van der Waals surface area contributed by atoms with E-state index in [1.165, 1.54) is 0 Å². The third-order valence-electron chi connectivity index (χ3n) is 5.16. The molecule has 0 bridgehead atoms. The summed E-state index contributed by atoms with van der Waals surface area (Å²) in [6, 6.07) is 17.7. The lowest BCUT2D eigenvalue weighted by Crippen LogP contribution is -2.48. The van der Waals surface area contributed by atoms with Gasteiger partial charge in [0.05, 0.1) is 23.9 Å². The number of aromatic nitrogens is 3. The van der Waals surface area contributed by atoms with Gasteiger partial charge in [-0.25, -0.2) is 0 Å². The standard InChI is InChI=1S/C22H24N4O2/c1-16(2)20-12-25(13-21(28-20)17-8-4-3-5-9-17)22(27)18-10-6-7-11-19(18)26-14-23-24-15-26/h3-11,14-16,20-21H,12-13H2,1-2H3/t20-,21+/m1/s1. The van der Waals surface area contributed by atoms with E-state index in [1.807, 2.05) is 47.4 Å². The van der Waals surface area contributed by atoms with Crippen LogP contribution in [-0.2, 0) is 4.74 Å². The van der Waals surface area contributed by atoms with Crippen LogP contribution in [0.2, 0.25) is 0 Å². The first kappa shape index (κ1) is 18.4. The summed E-state index contributed by atoms with van der Waals surface area (Å²) in [5.74, 6) is 0.314. The van der Waals surface area contributed by atoms with Gasteiger partial charge in [0, 0.05) is 6.54 Å². The third-order valence-corrected chi connectivity index (χ3v) is 5.16. The fourth-order valence-corrected chi connectivity index (χ4v) is 3.55. The van der Waals surface area contributed by atoms with Crippen LogP contribution in [0.1, 0.15) is 35.9 Å². The van der Waals surface area contributed by atoms with Crippen molar-refractivity contribution < 1.29 is 9.53 Å². The molecule has 1 saturated heterocycles. The highest BCUT2D eigenvalue weighted by Crippen LogP contribution is 2.29. The Hall–Kier alpha value is -2.99. The van der Waals surface area contributed by atoms with Gasteiger partial charge in [-0.1, -0.05) is 56.3 Å². The zero-order valence-electron chi connectivity index (χ0n) is 16.1. The largest absolute Gasteiger partial charge is 0.366 e. The molecule has 1 aliphatic rings. The summed E-state index contributed by atoms with van der Waals surface area (Å²) >= 11 is 0. The van der Waals surface area contributed by atoms with Crippen molar-refractivity contribution in [2.45, 2.75) is 26.1 Å². The summed E-state index contributed by atoms with van der Waals surface area (Å²) in [6.45, 7) is 5.37. The van der Waals surface area contributed by atoms with Crippen LogP contribution in [0.15, 0.2) is 67.3 Å². The zero-order chi connectivity index (χ0) is 19.5. The monoisotopic (exact) mass is 376 g/mol. The quantitative estimate of drug-likeness (QED) is 0.699. The SMILES string of the molecule is CC(C)[C@H]1CN(C(=O)c2ccccc2-n2cnnc2)C[C@@H](c2ccccc2)O1. The highest BCUT2D eigenvalue weighted by molar-refractivity contribution is 5.97. The van der Waals surface area contributed by atoms with E-state index in [-0.39, 0.29) is 18.1 Å². The van der Waals surface area contributed by atoms with Gasteiger partial charge in [0.1, 0.15) is 18.8 Å². The van der Waals surface area contributed by atoms with Crippen LogP contribution >= 0.6 is 0 Å². The molecule has 0 N–H and O–H groups in total. The first-order valence-corrected chi connectivity index (χ1v) is 9.57. The van der Waals surface area contributed by atoms with Crippen LogP contribution in [0.3, 0.4) is 0 Å². The summed E-state index contributed by atoms with van der Waals surface area (Å²) in [6.07, 6.45) is 3.07. The summed E-state index contributed by atoms with van der Waals surface area (Å²) in [5.41, 5.74) is 2.51. The number of carbonyl (C=O) groups is 1. The Kier molecular flexibility index (Phi) is 5.21.